The van der Waals surface area contributed by atoms with E-state index in [0.29, 0.717) is 6.54 Å². The molecular formula is C12H25N3O5S. The lowest BCUT2D eigenvalue weighted by Gasteiger charge is -2.37. The Labute approximate surface area is 126 Å². The molecular weight excluding hydrogens is 298 g/mol. The van der Waals surface area contributed by atoms with Gasteiger partial charge in [0, 0.05) is 26.2 Å². The highest BCUT2D eigenvalue weighted by Crippen LogP contribution is 2.17. The minimum atomic E-state index is -3.80. The van der Waals surface area contributed by atoms with E-state index in [1.54, 1.807) is 13.8 Å². The van der Waals surface area contributed by atoms with Crippen molar-refractivity contribution in [1.82, 2.24) is 13.5 Å². The monoisotopic (exact) mass is 323 g/mol. The van der Waals surface area contributed by atoms with Gasteiger partial charge in [-0.3, -0.25) is 4.79 Å². The first-order chi connectivity index (χ1) is 9.62. The second-order valence-electron chi connectivity index (χ2n) is 5.61. The van der Waals surface area contributed by atoms with Gasteiger partial charge in [-0.05, 0) is 27.9 Å². The first kappa shape index (κ1) is 18.3. The van der Waals surface area contributed by atoms with Crippen LogP contribution in [0, 0.1) is 0 Å². The summed E-state index contributed by atoms with van der Waals surface area (Å²) in [6, 6.07) is 0. The lowest BCUT2D eigenvalue weighted by molar-refractivity contribution is -0.137. The maximum atomic E-state index is 12.6. The third-order valence-corrected chi connectivity index (χ3v) is 5.06. The Morgan fingerprint density at radius 2 is 1.76 bits per heavy atom. The molecule has 1 aliphatic rings. The number of aliphatic carboxylic acids is 1. The summed E-state index contributed by atoms with van der Waals surface area (Å²) in [4.78, 5) is 12.8. The van der Waals surface area contributed by atoms with Gasteiger partial charge in [0.15, 0.2) is 0 Å². The van der Waals surface area contributed by atoms with Gasteiger partial charge in [0.2, 0.25) is 0 Å². The van der Waals surface area contributed by atoms with Crippen molar-refractivity contribution in [3.05, 3.63) is 0 Å². The fourth-order valence-electron chi connectivity index (χ4n) is 2.22. The van der Waals surface area contributed by atoms with Crippen LogP contribution >= 0.6 is 0 Å². The molecule has 0 amide bonds. The summed E-state index contributed by atoms with van der Waals surface area (Å²) in [7, 11) is -0.182. The molecule has 0 radical (unpaired) electrons. The molecule has 1 heterocycles. The molecule has 0 aromatic carbocycles. The van der Waals surface area contributed by atoms with Crippen molar-refractivity contribution >= 4 is 16.2 Å². The minimum Gasteiger partial charge on any atom is -0.480 e. The van der Waals surface area contributed by atoms with Crippen LogP contribution in [-0.2, 0) is 19.7 Å². The Hall–Kier alpha value is -0.740. The van der Waals surface area contributed by atoms with Gasteiger partial charge in [-0.1, -0.05) is 0 Å². The standard InChI is InChI=1S/C12H25N3O5S/c1-10-7-15(8-11(2)20-10)21(18,19)14(9-12(16)17)6-5-13(3)4/h10-11H,5-9H2,1-4H3,(H,16,17). The highest BCUT2D eigenvalue weighted by atomic mass is 32.2. The zero-order valence-electron chi connectivity index (χ0n) is 13.0. The molecule has 9 heteroatoms. The van der Waals surface area contributed by atoms with Crippen molar-refractivity contribution in [2.75, 3.05) is 46.8 Å². The number of rotatable bonds is 7. The van der Waals surface area contributed by atoms with Crippen molar-refractivity contribution in [2.24, 2.45) is 0 Å². The molecule has 0 spiro atoms. The second kappa shape index (κ2) is 7.50. The van der Waals surface area contributed by atoms with Gasteiger partial charge in [0.25, 0.3) is 10.2 Å². The number of morpholine rings is 1. The Kier molecular flexibility index (Phi) is 6.54. The van der Waals surface area contributed by atoms with Crippen LogP contribution in [0.15, 0.2) is 0 Å². The molecule has 0 aromatic heterocycles. The molecule has 8 nitrogen and oxygen atoms in total. The van der Waals surface area contributed by atoms with Crippen LogP contribution < -0.4 is 0 Å². The summed E-state index contributed by atoms with van der Waals surface area (Å²) in [5.41, 5.74) is 0. The normalized spacial score (nSPS) is 24.7. The Bertz CT molecular complexity index is 444. The third-order valence-electron chi connectivity index (χ3n) is 3.15. The fourth-order valence-corrected chi connectivity index (χ4v) is 3.93. The smallest absolute Gasteiger partial charge is 0.318 e. The molecule has 0 saturated carbocycles. The maximum absolute atomic E-state index is 12.6. The summed E-state index contributed by atoms with van der Waals surface area (Å²) in [5, 5.41) is 8.95. The highest BCUT2D eigenvalue weighted by molar-refractivity contribution is 7.86. The number of carboxylic acids is 1. The van der Waals surface area contributed by atoms with E-state index in [1.165, 1.54) is 4.31 Å². The summed E-state index contributed by atoms with van der Waals surface area (Å²) in [6.45, 7) is 4.16. The van der Waals surface area contributed by atoms with Crippen LogP contribution in [0.1, 0.15) is 13.8 Å². The number of hydrogen-bond acceptors (Lipinski definition) is 5. The van der Waals surface area contributed by atoms with E-state index in [2.05, 4.69) is 0 Å². The Balaban J connectivity index is 2.88. The number of nitrogens with zero attached hydrogens (tertiary/aromatic N) is 3. The quantitative estimate of drug-likeness (QED) is 0.665. The van der Waals surface area contributed by atoms with Crippen LogP contribution in [0.4, 0.5) is 0 Å². The minimum absolute atomic E-state index is 0.141. The summed E-state index contributed by atoms with van der Waals surface area (Å²) in [5.74, 6) is -1.16. The largest absolute Gasteiger partial charge is 0.480 e. The molecule has 2 atom stereocenters. The van der Waals surface area contributed by atoms with E-state index < -0.39 is 22.7 Å². The molecule has 0 bridgehead atoms. The number of carbonyl (C=O) groups is 1. The van der Waals surface area contributed by atoms with E-state index >= 15 is 0 Å². The SMILES string of the molecule is CC1CN(S(=O)(=O)N(CCN(C)C)CC(=O)O)CC(C)O1. The first-order valence-electron chi connectivity index (χ1n) is 6.90. The van der Waals surface area contributed by atoms with Crippen LogP contribution in [0.5, 0.6) is 0 Å². The van der Waals surface area contributed by atoms with Gasteiger partial charge in [0.05, 0.1) is 12.2 Å². The lowest BCUT2D eigenvalue weighted by atomic mass is 10.3. The van der Waals surface area contributed by atoms with Crippen molar-refractivity contribution in [2.45, 2.75) is 26.1 Å². The van der Waals surface area contributed by atoms with E-state index in [-0.39, 0.29) is 31.8 Å². The van der Waals surface area contributed by atoms with Crippen LogP contribution in [0.25, 0.3) is 0 Å². The predicted molar refractivity (Wildman–Crippen MR) is 78.3 cm³/mol. The van der Waals surface area contributed by atoms with E-state index in [9.17, 15) is 13.2 Å². The zero-order chi connectivity index (χ0) is 16.2. The average molecular weight is 323 g/mol. The molecule has 1 aliphatic heterocycles. The van der Waals surface area contributed by atoms with E-state index in [0.717, 1.165) is 4.31 Å². The molecule has 1 N–H and O–H groups in total. The van der Waals surface area contributed by atoms with E-state index in [4.69, 9.17) is 9.84 Å². The topological polar surface area (TPSA) is 90.4 Å². The molecule has 0 aromatic rings. The number of ether oxygens (including phenoxy) is 1. The van der Waals surface area contributed by atoms with Crippen molar-refractivity contribution in [1.29, 1.82) is 0 Å². The summed E-state index contributed by atoms with van der Waals surface area (Å²) >= 11 is 0. The molecule has 2 unspecified atom stereocenters. The average Bonchev–Trinajstić information content (AvgIpc) is 2.32. The third kappa shape index (κ3) is 5.51. The fraction of sp³-hybridized carbons (Fsp3) is 0.917. The number of carboxylic acid groups (broad SMARTS) is 1. The van der Waals surface area contributed by atoms with Crippen molar-refractivity contribution < 1.29 is 23.1 Å². The molecule has 1 rings (SSSR count). The lowest BCUT2D eigenvalue weighted by Crippen LogP contribution is -2.54. The number of hydrogen-bond donors (Lipinski definition) is 1. The van der Waals surface area contributed by atoms with Crippen LogP contribution in [0.2, 0.25) is 0 Å². The van der Waals surface area contributed by atoms with Crippen LogP contribution in [0.3, 0.4) is 0 Å². The van der Waals surface area contributed by atoms with Gasteiger partial charge in [-0.15, -0.1) is 0 Å². The number of likely N-dealkylation sites (N-methyl/N-ethyl adjacent to an activating group) is 1. The second-order valence-corrected chi connectivity index (χ2v) is 7.54. The van der Waals surface area contributed by atoms with Crippen LogP contribution in [-0.4, -0.2) is 92.0 Å². The van der Waals surface area contributed by atoms with Gasteiger partial charge >= 0.3 is 5.97 Å². The maximum Gasteiger partial charge on any atom is 0.318 e. The first-order valence-corrected chi connectivity index (χ1v) is 8.29. The van der Waals surface area contributed by atoms with Gasteiger partial charge in [-0.2, -0.15) is 17.0 Å². The summed E-state index contributed by atoms with van der Waals surface area (Å²) in [6.07, 6.45) is -0.409. The Morgan fingerprint density at radius 1 is 1.24 bits per heavy atom. The Morgan fingerprint density at radius 3 is 2.19 bits per heavy atom. The molecule has 0 aliphatic carbocycles. The van der Waals surface area contributed by atoms with E-state index in [1.807, 2.05) is 19.0 Å². The molecule has 1 fully saturated rings. The van der Waals surface area contributed by atoms with Gasteiger partial charge < -0.3 is 14.7 Å². The highest BCUT2D eigenvalue weighted by Gasteiger charge is 2.36. The zero-order valence-corrected chi connectivity index (χ0v) is 13.8. The van der Waals surface area contributed by atoms with Crippen molar-refractivity contribution in [3.8, 4) is 0 Å². The van der Waals surface area contributed by atoms with Gasteiger partial charge in [-0.25, -0.2) is 0 Å². The summed E-state index contributed by atoms with van der Waals surface area (Å²) < 4.78 is 33.1. The molecule has 21 heavy (non-hydrogen) atoms. The molecule has 1 saturated heterocycles. The van der Waals surface area contributed by atoms with Crippen molar-refractivity contribution in [3.63, 3.8) is 0 Å². The predicted octanol–water partition coefficient (Wildman–Crippen LogP) is -0.711. The van der Waals surface area contributed by atoms with Gasteiger partial charge in [0.1, 0.15) is 6.54 Å². The molecule has 124 valence electrons.